The highest BCUT2D eigenvalue weighted by Gasteiger charge is 2.24. The molecule has 6 nitrogen and oxygen atoms in total. The van der Waals surface area contributed by atoms with E-state index in [4.69, 9.17) is 4.74 Å². The van der Waals surface area contributed by atoms with Crippen molar-refractivity contribution in [3.05, 3.63) is 53.1 Å². The Labute approximate surface area is 200 Å². The van der Waals surface area contributed by atoms with Gasteiger partial charge in [-0.25, -0.2) is 0 Å². The molecule has 0 spiro atoms. The second-order valence-electron chi connectivity index (χ2n) is 8.98. The molecule has 0 radical (unpaired) electrons. The molecule has 3 aromatic rings. The van der Waals surface area contributed by atoms with Crippen LogP contribution in [0.4, 0.5) is 0 Å². The third-order valence-electron chi connectivity index (χ3n) is 5.82. The molecule has 7 heteroatoms. The lowest BCUT2D eigenvalue weighted by atomic mass is 9.85. The third kappa shape index (κ3) is 5.41. The first kappa shape index (κ1) is 23.4. The van der Waals surface area contributed by atoms with E-state index in [1.54, 1.807) is 11.3 Å². The maximum Gasteiger partial charge on any atom is 0.148 e. The Morgan fingerprint density at radius 3 is 2.79 bits per heavy atom. The quantitative estimate of drug-likeness (QED) is 0.505. The van der Waals surface area contributed by atoms with Gasteiger partial charge in [0.25, 0.3) is 0 Å². The van der Waals surface area contributed by atoms with E-state index >= 15 is 0 Å². The van der Waals surface area contributed by atoms with E-state index in [0.29, 0.717) is 17.4 Å². The van der Waals surface area contributed by atoms with Gasteiger partial charge in [0.15, 0.2) is 0 Å². The van der Waals surface area contributed by atoms with Crippen LogP contribution in [0.25, 0.3) is 21.1 Å². The van der Waals surface area contributed by atoms with Gasteiger partial charge in [-0.05, 0) is 76.5 Å². The predicted octanol–water partition coefficient (Wildman–Crippen LogP) is 5.06. The Morgan fingerprint density at radius 2 is 2.03 bits per heavy atom. The lowest BCUT2D eigenvalue weighted by Crippen LogP contribution is -2.31. The fourth-order valence-corrected chi connectivity index (χ4v) is 5.17. The number of nitriles is 1. The minimum Gasteiger partial charge on any atom is -0.490 e. The molecule has 0 saturated carbocycles. The first-order valence-corrected chi connectivity index (χ1v) is 12.3. The summed E-state index contributed by atoms with van der Waals surface area (Å²) < 4.78 is 5.75. The SMILES string of the molecule is CC(C)Oc1ccc(-c2nnc(-c3cccc4c3CCC[C@@H]4NCCN(C)C)s2)cc1C#N. The van der Waals surface area contributed by atoms with Gasteiger partial charge in [-0.3, -0.25) is 0 Å². The number of ether oxygens (including phenoxy) is 1. The Balaban J connectivity index is 1.60. The Bertz CT molecular complexity index is 1150. The predicted molar refractivity (Wildman–Crippen MR) is 133 cm³/mol. The van der Waals surface area contributed by atoms with Crippen molar-refractivity contribution < 1.29 is 4.74 Å². The standard InChI is InChI=1S/C26H31N5OS/c1-17(2)32-24-12-11-18(15-19(24)16-27)25-29-30-26(33-25)22-9-5-8-21-20(22)7-6-10-23(21)28-13-14-31(3)4/h5,8-9,11-12,15,17,23,28H,6-7,10,13-14H2,1-4H3/t23-/m0/s1. The summed E-state index contributed by atoms with van der Waals surface area (Å²) in [5, 5.41) is 24.0. The summed E-state index contributed by atoms with van der Waals surface area (Å²) in [5.41, 5.74) is 5.35. The van der Waals surface area contributed by atoms with Crippen LogP contribution in [0.1, 0.15) is 49.4 Å². The number of hydrogen-bond acceptors (Lipinski definition) is 7. The lowest BCUT2D eigenvalue weighted by molar-refractivity contribution is 0.242. The summed E-state index contributed by atoms with van der Waals surface area (Å²) >= 11 is 1.57. The van der Waals surface area contributed by atoms with E-state index in [2.05, 4.69) is 58.8 Å². The fraction of sp³-hybridized carbons (Fsp3) is 0.423. The molecule has 1 heterocycles. The maximum absolute atomic E-state index is 9.56. The zero-order valence-electron chi connectivity index (χ0n) is 19.8. The van der Waals surface area contributed by atoms with Crippen molar-refractivity contribution in [2.75, 3.05) is 27.2 Å². The zero-order chi connectivity index (χ0) is 23.4. The lowest BCUT2D eigenvalue weighted by Gasteiger charge is -2.28. The van der Waals surface area contributed by atoms with Crippen LogP contribution in [0, 0.1) is 11.3 Å². The van der Waals surface area contributed by atoms with E-state index in [1.807, 2.05) is 32.0 Å². The number of aromatic nitrogens is 2. The zero-order valence-corrected chi connectivity index (χ0v) is 20.6. The molecule has 1 atom stereocenters. The first-order valence-electron chi connectivity index (χ1n) is 11.5. The van der Waals surface area contributed by atoms with Crippen LogP contribution in [0.3, 0.4) is 0 Å². The molecule has 2 aromatic carbocycles. The van der Waals surface area contributed by atoms with Crippen LogP contribution in [0.15, 0.2) is 36.4 Å². The number of nitrogens with one attached hydrogen (secondary N) is 1. The highest BCUT2D eigenvalue weighted by atomic mass is 32.1. The number of hydrogen-bond donors (Lipinski definition) is 1. The van der Waals surface area contributed by atoms with Gasteiger partial charge in [0, 0.05) is 30.3 Å². The normalized spacial score (nSPS) is 15.5. The van der Waals surface area contributed by atoms with Gasteiger partial charge < -0.3 is 15.0 Å². The maximum atomic E-state index is 9.56. The van der Waals surface area contributed by atoms with Crippen LogP contribution in [0.2, 0.25) is 0 Å². The van der Waals surface area contributed by atoms with Crippen molar-refractivity contribution >= 4 is 11.3 Å². The van der Waals surface area contributed by atoms with Crippen molar-refractivity contribution in [1.29, 1.82) is 5.26 Å². The van der Waals surface area contributed by atoms with Gasteiger partial charge >= 0.3 is 0 Å². The Hall–Kier alpha value is -2.79. The molecular formula is C26H31N5OS. The van der Waals surface area contributed by atoms with Gasteiger partial charge in [0.1, 0.15) is 21.8 Å². The minimum atomic E-state index is 0.0153. The summed E-state index contributed by atoms with van der Waals surface area (Å²) in [4.78, 5) is 2.20. The van der Waals surface area contributed by atoms with Gasteiger partial charge in [-0.15, -0.1) is 10.2 Å². The molecule has 33 heavy (non-hydrogen) atoms. The molecule has 0 aliphatic heterocycles. The molecule has 4 rings (SSSR count). The second kappa shape index (κ2) is 10.4. The van der Waals surface area contributed by atoms with E-state index in [-0.39, 0.29) is 6.10 Å². The topological polar surface area (TPSA) is 74.1 Å². The molecule has 0 bridgehead atoms. The van der Waals surface area contributed by atoms with E-state index in [1.165, 1.54) is 16.7 Å². The number of benzene rings is 2. The first-order chi connectivity index (χ1) is 16.0. The van der Waals surface area contributed by atoms with Gasteiger partial charge in [-0.2, -0.15) is 5.26 Å². The van der Waals surface area contributed by atoms with Gasteiger partial charge in [0.2, 0.25) is 0 Å². The average molecular weight is 462 g/mol. The molecular weight excluding hydrogens is 430 g/mol. The number of likely N-dealkylation sites (N-methyl/N-ethyl adjacent to an activating group) is 1. The second-order valence-corrected chi connectivity index (χ2v) is 9.95. The summed E-state index contributed by atoms with van der Waals surface area (Å²) in [7, 11) is 4.21. The number of fused-ring (bicyclic) bond motifs is 1. The molecule has 0 fully saturated rings. The van der Waals surface area contributed by atoms with Crippen LogP contribution in [-0.4, -0.2) is 48.4 Å². The molecule has 1 aromatic heterocycles. The number of rotatable bonds is 8. The molecule has 1 N–H and O–H groups in total. The van der Waals surface area contributed by atoms with Gasteiger partial charge in [-0.1, -0.05) is 29.5 Å². The fourth-order valence-electron chi connectivity index (χ4n) is 4.28. The van der Waals surface area contributed by atoms with Crippen molar-refractivity contribution in [3.63, 3.8) is 0 Å². The molecule has 0 saturated heterocycles. The van der Waals surface area contributed by atoms with E-state index in [9.17, 15) is 5.26 Å². The molecule has 1 aliphatic rings. The van der Waals surface area contributed by atoms with Crippen molar-refractivity contribution in [2.45, 2.75) is 45.3 Å². The summed E-state index contributed by atoms with van der Waals surface area (Å²) in [6.45, 7) is 5.91. The van der Waals surface area contributed by atoms with Crippen LogP contribution in [-0.2, 0) is 6.42 Å². The third-order valence-corrected chi connectivity index (χ3v) is 6.83. The van der Waals surface area contributed by atoms with Gasteiger partial charge in [0.05, 0.1) is 11.7 Å². The largest absolute Gasteiger partial charge is 0.490 e. The highest BCUT2D eigenvalue weighted by molar-refractivity contribution is 7.17. The number of nitrogens with zero attached hydrogens (tertiary/aromatic N) is 4. The van der Waals surface area contributed by atoms with Crippen LogP contribution < -0.4 is 10.1 Å². The smallest absolute Gasteiger partial charge is 0.148 e. The summed E-state index contributed by atoms with van der Waals surface area (Å²) in [6, 6.07) is 14.8. The highest BCUT2D eigenvalue weighted by Crippen LogP contribution is 2.39. The summed E-state index contributed by atoms with van der Waals surface area (Å²) in [5.74, 6) is 0.603. The molecule has 0 unspecified atom stereocenters. The Kier molecular flexibility index (Phi) is 7.39. The molecule has 172 valence electrons. The summed E-state index contributed by atoms with van der Waals surface area (Å²) in [6.07, 6.45) is 3.40. The van der Waals surface area contributed by atoms with E-state index in [0.717, 1.165) is 47.9 Å². The van der Waals surface area contributed by atoms with Crippen molar-refractivity contribution in [3.8, 4) is 33.0 Å². The minimum absolute atomic E-state index is 0.0153. The van der Waals surface area contributed by atoms with Crippen LogP contribution in [0.5, 0.6) is 5.75 Å². The average Bonchev–Trinajstić information content (AvgIpc) is 3.28. The molecule has 0 amide bonds. The van der Waals surface area contributed by atoms with Crippen molar-refractivity contribution in [2.24, 2.45) is 0 Å². The molecule has 1 aliphatic carbocycles. The monoisotopic (exact) mass is 461 g/mol. The van der Waals surface area contributed by atoms with E-state index < -0.39 is 0 Å². The van der Waals surface area contributed by atoms with Crippen molar-refractivity contribution in [1.82, 2.24) is 20.4 Å². The Morgan fingerprint density at radius 1 is 1.21 bits per heavy atom. The van der Waals surface area contributed by atoms with Crippen LogP contribution >= 0.6 is 11.3 Å².